The largest absolute Gasteiger partial charge is 0.399 e. The van der Waals surface area contributed by atoms with Gasteiger partial charge >= 0.3 is 0 Å². The zero-order chi connectivity index (χ0) is 15.3. The number of nitrogens with one attached hydrogen (secondary N) is 1. The molecule has 0 aliphatic rings. The molecule has 6 nitrogen and oxygen atoms in total. The van der Waals surface area contributed by atoms with Crippen molar-refractivity contribution in [2.45, 2.75) is 31.7 Å². The Labute approximate surface area is 120 Å². The van der Waals surface area contributed by atoms with E-state index in [1.54, 1.807) is 6.92 Å². The maximum Gasteiger partial charge on any atom is 0.243 e. The van der Waals surface area contributed by atoms with Crippen LogP contribution in [0.3, 0.4) is 0 Å². The van der Waals surface area contributed by atoms with Gasteiger partial charge in [-0.05, 0) is 38.1 Å². The lowest BCUT2D eigenvalue weighted by Gasteiger charge is -2.20. The van der Waals surface area contributed by atoms with Crippen LogP contribution in [-0.4, -0.2) is 37.8 Å². The number of nitrogen functional groups attached to an aromatic ring is 1. The third-order valence-corrected chi connectivity index (χ3v) is 4.58. The van der Waals surface area contributed by atoms with Gasteiger partial charge in [-0.1, -0.05) is 6.92 Å². The molecule has 1 rings (SSSR count). The number of amides is 1. The highest BCUT2D eigenvalue weighted by molar-refractivity contribution is 7.89. The fraction of sp³-hybridized carbons (Fsp3) is 0.462. The van der Waals surface area contributed by atoms with E-state index in [2.05, 4.69) is 5.32 Å². The highest BCUT2D eigenvalue weighted by Gasteiger charge is 2.25. The van der Waals surface area contributed by atoms with Crippen LogP contribution in [0.1, 0.15) is 20.8 Å². The van der Waals surface area contributed by atoms with Gasteiger partial charge in [0.1, 0.15) is 0 Å². The quantitative estimate of drug-likeness (QED) is 0.760. The lowest BCUT2D eigenvalue weighted by molar-refractivity contribution is -0.121. The van der Waals surface area contributed by atoms with Crippen molar-refractivity contribution in [2.75, 3.05) is 18.8 Å². The monoisotopic (exact) mass is 299 g/mol. The number of likely N-dealkylation sites (N-methyl/N-ethyl adjacent to an activating group) is 1. The van der Waals surface area contributed by atoms with E-state index in [0.717, 1.165) is 4.31 Å². The molecule has 0 fully saturated rings. The van der Waals surface area contributed by atoms with E-state index >= 15 is 0 Å². The Morgan fingerprint density at radius 3 is 2.30 bits per heavy atom. The van der Waals surface area contributed by atoms with Gasteiger partial charge in [0, 0.05) is 18.3 Å². The molecule has 0 spiro atoms. The fourth-order valence-corrected chi connectivity index (χ4v) is 3.09. The Balaban J connectivity index is 2.92. The van der Waals surface area contributed by atoms with Crippen LogP contribution in [0.5, 0.6) is 0 Å². The molecule has 1 aromatic carbocycles. The summed E-state index contributed by atoms with van der Waals surface area (Å²) < 4.78 is 25.9. The van der Waals surface area contributed by atoms with Gasteiger partial charge in [-0.25, -0.2) is 8.42 Å². The number of rotatable bonds is 6. The smallest absolute Gasteiger partial charge is 0.243 e. The summed E-state index contributed by atoms with van der Waals surface area (Å²) >= 11 is 0. The molecule has 0 saturated heterocycles. The summed E-state index contributed by atoms with van der Waals surface area (Å²) in [6, 6.07) is 5.89. The van der Waals surface area contributed by atoms with Crippen LogP contribution in [0.4, 0.5) is 5.69 Å². The Kier molecular flexibility index (Phi) is 5.52. The summed E-state index contributed by atoms with van der Waals surface area (Å²) in [7, 11) is -3.68. The van der Waals surface area contributed by atoms with Crippen LogP contribution in [0.2, 0.25) is 0 Å². The van der Waals surface area contributed by atoms with Crippen molar-refractivity contribution in [3.05, 3.63) is 24.3 Å². The molecule has 0 heterocycles. The van der Waals surface area contributed by atoms with Crippen molar-refractivity contribution in [2.24, 2.45) is 0 Å². The van der Waals surface area contributed by atoms with Crippen LogP contribution in [0.15, 0.2) is 29.2 Å². The molecule has 0 radical (unpaired) electrons. The van der Waals surface area contributed by atoms with Crippen LogP contribution in [0.25, 0.3) is 0 Å². The van der Waals surface area contributed by atoms with E-state index in [1.165, 1.54) is 24.3 Å². The summed E-state index contributed by atoms with van der Waals surface area (Å²) in [5.74, 6) is -0.319. The molecule has 0 saturated carbocycles. The van der Waals surface area contributed by atoms with Crippen molar-refractivity contribution in [1.29, 1.82) is 0 Å². The van der Waals surface area contributed by atoms with E-state index in [9.17, 15) is 13.2 Å². The highest BCUT2D eigenvalue weighted by atomic mass is 32.2. The highest BCUT2D eigenvalue weighted by Crippen LogP contribution is 2.16. The minimum absolute atomic E-state index is 0.0274. The van der Waals surface area contributed by atoms with Crippen LogP contribution < -0.4 is 11.1 Å². The molecular weight excluding hydrogens is 278 g/mol. The van der Waals surface area contributed by atoms with Gasteiger partial charge in [-0.15, -0.1) is 0 Å². The molecule has 0 aliphatic heterocycles. The number of nitrogens with zero attached hydrogens (tertiary/aromatic N) is 1. The number of benzene rings is 1. The van der Waals surface area contributed by atoms with Crippen molar-refractivity contribution >= 4 is 21.6 Å². The molecule has 1 amide bonds. The standard InChI is InChI=1S/C13H21N3O3S/c1-4-16(9-13(17)15-10(2)3)20(18,19)12-7-5-11(14)6-8-12/h5-8,10H,4,9,14H2,1-3H3,(H,15,17). The lowest BCUT2D eigenvalue weighted by atomic mass is 10.3. The topological polar surface area (TPSA) is 92.5 Å². The Morgan fingerprint density at radius 2 is 1.85 bits per heavy atom. The predicted molar refractivity (Wildman–Crippen MR) is 78.6 cm³/mol. The van der Waals surface area contributed by atoms with Crippen molar-refractivity contribution in [3.63, 3.8) is 0 Å². The number of carbonyl (C=O) groups excluding carboxylic acids is 1. The number of hydrogen-bond acceptors (Lipinski definition) is 4. The molecule has 0 atom stereocenters. The zero-order valence-corrected chi connectivity index (χ0v) is 12.8. The summed E-state index contributed by atoms with van der Waals surface area (Å²) in [5, 5.41) is 2.68. The van der Waals surface area contributed by atoms with Gasteiger partial charge in [0.25, 0.3) is 0 Å². The fourth-order valence-electron chi connectivity index (χ4n) is 1.68. The molecule has 1 aromatic rings. The lowest BCUT2D eigenvalue weighted by Crippen LogP contribution is -2.42. The third-order valence-electron chi connectivity index (χ3n) is 2.64. The summed E-state index contributed by atoms with van der Waals surface area (Å²) in [6.07, 6.45) is 0. The zero-order valence-electron chi connectivity index (χ0n) is 12.0. The number of carbonyl (C=O) groups is 1. The van der Waals surface area contributed by atoms with Gasteiger partial charge in [0.15, 0.2) is 0 Å². The van der Waals surface area contributed by atoms with E-state index in [0.29, 0.717) is 5.69 Å². The Hall–Kier alpha value is -1.60. The van der Waals surface area contributed by atoms with E-state index in [-0.39, 0.29) is 29.9 Å². The van der Waals surface area contributed by atoms with Crippen LogP contribution >= 0.6 is 0 Å². The number of sulfonamides is 1. The SMILES string of the molecule is CCN(CC(=O)NC(C)C)S(=O)(=O)c1ccc(N)cc1. The average molecular weight is 299 g/mol. The first-order chi connectivity index (χ1) is 9.27. The summed E-state index contributed by atoms with van der Waals surface area (Å²) in [5.41, 5.74) is 6.03. The van der Waals surface area contributed by atoms with Crippen molar-refractivity contribution in [3.8, 4) is 0 Å². The normalized spacial score (nSPS) is 11.8. The summed E-state index contributed by atoms with van der Waals surface area (Å²) in [6.45, 7) is 5.36. The van der Waals surface area contributed by atoms with E-state index in [4.69, 9.17) is 5.73 Å². The summed E-state index contributed by atoms with van der Waals surface area (Å²) in [4.78, 5) is 11.8. The second-order valence-corrected chi connectivity index (χ2v) is 6.66. The number of anilines is 1. The maximum absolute atomic E-state index is 12.4. The van der Waals surface area contributed by atoms with Gasteiger partial charge in [-0.2, -0.15) is 4.31 Å². The molecule has 0 aromatic heterocycles. The molecule has 112 valence electrons. The molecule has 20 heavy (non-hydrogen) atoms. The maximum atomic E-state index is 12.4. The number of nitrogens with two attached hydrogens (primary N) is 1. The second-order valence-electron chi connectivity index (χ2n) is 4.72. The van der Waals surface area contributed by atoms with Crippen LogP contribution in [0, 0.1) is 0 Å². The molecule has 0 aliphatic carbocycles. The Morgan fingerprint density at radius 1 is 1.30 bits per heavy atom. The van der Waals surface area contributed by atoms with E-state index < -0.39 is 10.0 Å². The molecule has 3 N–H and O–H groups in total. The molecule has 0 unspecified atom stereocenters. The van der Waals surface area contributed by atoms with Gasteiger partial charge < -0.3 is 11.1 Å². The van der Waals surface area contributed by atoms with Gasteiger partial charge in [0.2, 0.25) is 15.9 Å². The van der Waals surface area contributed by atoms with Gasteiger partial charge in [-0.3, -0.25) is 4.79 Å². The number of hydrogen-bond donors (Lipinski definition) is 2. The van der Waals surface area contributed by atoms with Crippen LogP contribution in [-0.2, 0) is 14.8 Å². The van der Waals surface area contributed by atoms with Gasteiger partial charge in [0.05, 0.1) is 11.4 Å². The average Bonchev–Trinajstić information content (AvgIpc) is 2.35. The molecular formula is C13H21N3O3S. The minimum atomic E-state index is -3.68. The molecule has 0 bridgehead atoms. The first-order valence-electron chi connectivity index (χ1n) is 6.42. The second kappa shape index (κ2) is 6.71. The minimum Gasteiger partial charge on any atom is -0.399 e. The first-order valence-corrected chi connectivity index (χ1v) is 7.86. The van der Waals surface area contributed by atoms with Crippen molar-refractivity contribution in [1.82, 2.24) is 9.62 Å². The van der Waals surface area contributed by atoms with Crippen molar-refractivity contribution < 1.29 is 13.2 Å². The van der Waals surface area contributed by atoms with E-state index in [1.807, 2.05) is 13.8 Å². The first kappa shape index (κ1) is 16.5. The molecule has 7 heteroatoms. The Bertz CT molecular complexity index is 553. The third kappa shape index (κ3) is 4.21. The predicted octanol–water partition coefficient (Wildman–Crippen LogP) is 0.804.